The third kappa shape index (κ3) is 2.04. The SMILES string of the molecule is CCCC(N)c1nc(-c2ncc[nH]2)no1. The van der Waals surface area contributed by atoms with Crippen molar-refractivity contribution in [2.45, 2.75) is 25.8 Å². The fraction of sp³-hybridized carbons (Fsp3) is 0.444. The Kier molecular flexibility index (Phi) is 2.77. The van der Waals surface area contributed by atoms with Crippen molar-refractivity contribution in [2.75, 3.05) is 0 Å². The first-order valence-electron chi connectivity index (χ1n) is 4.90. The number of imidazole rings is 1. The van der Waals surface area contributed by atoms with Crippen LogP contribution in [0.3, 0.4) is 0 Å². The van der Waals surface area contributed by atoms with Gasteiger partial charge in [-0.15, -0.1) is 0 Å². The molecule has 0 radical (unpaired) electrons. The average Bonchev–Trinajstić information content (AvgIpc) is 2.89. The lowest BCUT2D eigenvalue weighted by atomic mass is 10.2. The van der Waals surface area contributed by atoms with Crippen LogP contribution in [0.25, 0.3) is 11.6 Å². The number of nitrogens with zero attached hydrogens (tertiary/aromatic N) is 3. The molecule has 2 rings (SSSR count). The second-order valence-corrected chi connectivity index (χ2v) is 3.29. The van der Waals surface area contributed by atoms with Gasteiger partial charge < -0.3 is 15.2 Å². The first kappa shape index (κ1) is 9.85. The molecule has 2 aromatic heterocycles. The van der Waals surface area contributed by atoms with E-state index in [2.05, 4.69) is 27.0 Å². The normalized spacial score (nSPS) is 12.9. The zero-order valence-electron chi connectivity index (χ0n) is 8.47. The molecule has 6 heteroatoms. The molecule has 0 aliphatic carbocycles. The molecule has 0 bridgehead atoms. The van der Waals surface area contributed by atoms with E-state index in [1.165, 1.54) is 0 Å². The number of aromatic amines is 1. The lowest BCUT2D eigenvalue weighted by Crippen LogP contribution is -2.09. The highest BCUT2D eigenvalue weighted by Crippen LogP contribution is 2.16. The van der Waals surface area contributed by atoms with Gasteiger partial charge in [-0.3, -0.25) is 0 Å². The van der Waals surface area contributed by atoms with Gasteiger partial charge in [-0.2, -0.15) is 4.98 Å². The van der Waals surface area contributed by atoms with Gasteiger partial charge in [0, 0.05) is 12.4 Å². The predicted molar refractivity (Wildman–Crippen MR) is 53.7 cm³/mol. The molecule has 15 heavy (non-hydrogen) atoms. The molecule has 0 aliphatic heterocycles. The molecular formula is C9H13N5O. The van der Waals surface area contributed by atoms with Crippen LogP contribution >= 0.6 is 0 Å². The van der Waals surface area contributed by atoms with Crippen molar-refractivity contribution in [3.8, 4) is 11.6 Å². The van der Waals surface area contributed by atoms with Gasteiger partial charge in [0.15, 0.2) is 5.82 Å². The van der Waals surface area contributed by atoms with E-state index in [0.717, 1.165) is 12.8 Å². The molecule has 0 amide bonds. The van der Waals surface area contributed by atoms with Gasteiger partial charge in [-0.1, -0.05) is 18.5 Å². The summed E-state index contributed by atoms with van der Waals surface area (Å²) in [5.74, 6) is 1.50. The van der Waals surface area contributed by atoms with E-state index in [1.807, 2.05) is 0 Å². The molecule has 2 heterocycles. The van der Waals surface area contributed by atoms with Gasteiger partial charge in [0.25, 0.3) is 0 Å². The highest BCUT2D eigenvalue weighted by atomic mass is 16.5. The summed E-state index contributed by atoms with van der Waals surface area (Å²) >= 11 is 0. The number of nitrogens with two attached hydrogens (primary N) is 1. The topological polar surface area (TPSA) is 93.6 Å². The van der Waals surface area contributed by atoms with Crippen molar-refractivity contribution in [1.82, 2.24) is 20.1 Å². The Morgan fingerprint density at radius 2 is 2.47 bits per heavy atom. The second-order valence-electron chi connectivity index (χ2n) is 3.29. The highest BCUT2D eigenvalue weighted by molar-refractivity contribution is 5.40. The Labute approximate surface area is 86.9 Å². The lowest BCUT2D eigenvalue weighted by molar-refractivity contribution is 0.348. The van der Waals surface area contributed by atoms with Gasteiger partial charge in [-0.25, -0.2) is 4.98 Å². The first-order valence-corrected chi connectivity index (χ1v) is 4.90. The molecule has 0 saturated carbocycles. The van der Waals surface area contributed by atoms with Crippen molar-refractivity contribution in [3.05, 3.63) is 18.3 Å². The number of aromatic nitrogens is 4. The summed E-state index contributed by atoms with van der Waals surface area (Å²) in [4.78, 5) is 11.1. The molecular weight excluding hydrogens is 194 g/mol. The summed E-state index contributed by atoms with van der Waals surface area (Å²) in [6, 6.07) is -0.189. The van der Waals surface area contributed by atoms with Crippen LogP contribution < -0.4 is 5.73 Å². The molecule has 1 unspecified atom stereocenters. The van der Waals surface area contributed by atoms with Crippen LogP contribution in [0.5, 0.6) is 0 Å². The molecule has 1 atom stereocenters. The molecule has 2 aromatic rings. The molecule has 0 saturated heterocycles. The quantitative estimate of drug-likeness (QED) is 0.787. The van der Waals surface area contributed by atoms with E-state index < -0.39 is 0 Å². The average molecular weight is 207 g/mol. The predicted octanol–water partition coefficient (Wildman–Crippen LogP) is 1.26. The molecule has 0 aromatic carbocycles. The number of rotatable bonds is 4. The molecule has 0 aliphatic rings. The summed E-state index contributed by atoms with van der Waals surface area (Å²) in [7, 11) is 0. The van der Waals surface area contributed by atoms with Gasteiger partial charge in [0.05, 0.1) is 6.04 Å². The van der Waals surface area contributed by atoms with Crippen LogP contribution in [-0.2, 0) is 0 Å². The fourth-order valence-corrected chi connectivity index (χ4v) is 1.30. The Morgan fingerprint density at radius 3 is 3.13 bits per heavy atom. The summed E-state index contributed by atoms with van der Waals surface area (Å²) in [5, 5.41) is 3.80. The zero-order valence-corrected chi connectivity index (χ0v) is 8.47. The van der Waals surface area contributed by atoms with Crippen LogP contribution in [0.4, 0.5) is 0 Å². The van der Waals surface area contributed by atoms with Gasteiger partial charge in [0.2, 0.25) is 11.7 Å². The first-order chi connectivity index (χ1) is 7.31. The fourth-order valence-electron chi connectivity index (χ4n) is 1.30. The molecule has 80 valence electrons. The number of H-pyrrole nitrogens is 1. The van der Waals surface area contributed by atoms with E-state index >= 15 is 0 Å². The van der Waals surface area contributed by atoms with Crippen LogP contribution in [0, 0.1) is 0 Å². The van der Waals surface area contributed by atoms with Crippen LogP contribution in [-0.4, -0.2) is 20.1 Å². The third-order valence-corrected chi connectivity index (χ3v) is 2.07. The standard InChI is InChI=1S/C9H13N5O/c1-2-3-6(10)9-13-8(14-15-9)7-11-4-5-12-7/h4-6H,2-3,10H2,1H3,(H,11,12). The number of hydrogen-bond acceptors (Lipinski definition) is 5. The Hall–Kier alpha value is -1.69. The molecule has 3 N–H and O–H groups in total. The smallest absolute Gasteiger partial charge is 0.243 e. The van der Waals surface area contributed by atoms with E-state index in [1.54, 1.807) is 12.4 Å². The Bertz CT molecular complexity index is 408. The minimum absolute atomic E-state index is 0.189. The van der Waals surface area contributed by atoms with Gasteiger partial charge >= 0.3 is 0 Å². The lowest BCUT2D eigenvalue weighted by Gasteiger charge is -2.01. The van der Waals surface area contributed by atoms with Crippen molar-refractivity contribution < 1.29 is 4.52 Å². The van der Waals surface area contributed by atoms with Gasteiger partial charge in [0.1, 0.15) is 0 Å². The van der Waals surface area contributed by atoms with Crippen molar-refractivity contribution >= 4 is 0 Å². The van der Waals surface area contributed by atoms with Crippen LogP contribution in [0.2, 0.25) is 0 Å². The summed E-state index contributed by atoms with van der Waals surface area (Å²) in [6.07, 6.45) is 5.16. The summed E-state index contributed by atoms with van der Waals surface area (Å²) in [6.45, 7) is 2.06. The minimum Gasteiger partial charge on any atom is -0.342 e. The van der Waals surface area contributed by atoms with E-state index in [9.17, 15) is 0 Å². The number of hydrogen-bond donors (Lipinski definition) is 2. The van der Waals surface area contributed by atoms with Crippen molar-refractivity contribution in [3.63, 3.8) is 0 Å². The zero-order chi connectivity index (χ0) is 10.7. The van der Waals surface area contributed by atoms with E-state index in [-0.39, 0.29) is 6.04 Å². The Morgan fingerprint density at radius 1 is 1.60 bits per heavy atom. The maximum Gasteiger partial charge on any atom is 0.243 e. The molecule has 6 nitrogen and oxygen atoms in total. The summed E-state index contributed by atoms with van der Waals surface area (Å²) < 4.78 is 5.06. The number of nitrogens with one attached hydrogen (secondary N) is 1. The largest absolute Gasteiger partial charge is 0.342 e. The maximum absolute atomic E-state index is 5.85. The highest BCUT2D eigenvalue weighted by Gasteiger charge is 2.15. The summed E-state index contributed by atoms with van der Waals surface area (Å²) in [5.41, 5.74) is 5.85. The van der Waals surface area contributed by atoms with Crippen molar-refractivity contribution in [1.29, 1.82) is 0 Å². The van der Waals surface area contributed by atoms with E-state index in [4.69, 9.17) is 10.3 Å². The van der Waals surface area contributed by atoms with E-state index in [0.29, 0.717) is 17.5 Å². The molecule has 0 fully saturated rings. The van der Waals surface area contributed by atoms with Crippen LogP contribution in [0.15, 0.2) is 16.9 Å². The van der Waals surface area contributed by atoms with Crippen molar-refractivity contribution in [2.24, 2.45) is 5.73 Å². The third-order valence-electron chi connectivity index (χ3n) is 2.07. The monoisotopic (exact) mass is 207 g/mol. The van der Waals surface area contributed by atoms with Crippen LogP contribution in [0.1, 0.15) is 31.7 Å². The molecule has 0 spiro atoms. The maximum atomic E-state index is 5.85. The van der Waals surface area contributed by atoms with Gasteiger partial charge in [-0.05, 0) is 6.42 Å². The Balaban J connectivity index is 2.17. The second kappa shape index (κ2) is 4.22. The minimum atomic E-state index is -0.189.